The second kappa shape index (κ2) is 8.35. The zero-order chi connectivity index (χ0) is 20.3. The summed E-state index contributed by atoms with van der Waals surface area (Å²) in [4.78, 5) is 18.7. The maximum atomic E-state index is 12.4. The van der Waals surface area contributed by atoms with Crippen LogP contribution in [0.2, 0.25) is 0 Å². The number of carbonyl (C=O) groups is 1. The second-order valence-electron chi connectivity index (χ2n) is 7.37. The number of carbonyl (C=O) groups excluding carboxylic acids is 1. The highest BCUT2D eigenvalue weighted by Crippen LogP contribution is 2.22. The van der Waals surface area contributed by atoms with Crippen molar-refractivity contribution in [1.29, 1.82) is 0 Å². The monoisotopic (exact) mass is 378 g/mol. The summed E-state index contributed by atoms with van der Waals surface area (Å²) in [6.07, 6.45) is 0. The summed E-state index contributed by atoms with van der Waals surface area (Å²) in [6.45, 7) is 8.72. The first-order chi connectivity index (χ1) is 13.3. The van der Waals surface area contributed by atoms with Crippen LogP contribution in [0.4, 0.5) is 5.69 Å². The SMILES string of the molecule is Cc1ccc(-c2noc(CN(C)CC(=O)Nc3c(C)cc(C)cc3C)n2)cc1. The van der Waals surface area contributed by atoms with E-state index in [4.69, 9.17) is 4.52 Å². The van der Waals surface area contributed by atoms with Crippen molar-refractivity contribution >= 4 is 11.6 Å². The van der Waals surface area contributed by atoms with E-state index in [1.54, 1.807) is 0 Å². The highest BCUT2D eigenvalue weighted by Gasteiger charge is 2.14. The van der Waals surface area contributed by atoms with Crippen LogP contribution in [0.1, 0.15) is 28.1 Å². The molecule has 0 atom stereocenters. The van der Waals surface area contributed by atoms with Crippen LogP contribution in [-0.4, -0.2) is 34.5 Å². The molecule has 0 aliphatic carbocycles. The van der Waals surface area contributed by atoms with E-state index in [1.165, 1.54) is 11.1 Å². The lowest BCUT2D eigenvalue weighted by molar-refractivity contribution is -0.117. The second-order valence-corrected chi connectivity index (χ2v) is 7.37. The first-order valence-corrected chi connectivity index (χ1v) is 9.27. The molecule has 0 saturated carbocycles. The van der Waals surface area contributed by atoms with Crippen molar-refractivity contribution in [1.82, 2.24) is 15.0 Å². The zero-order valence-electron chi connectivity index (χ0n) is 17.0. The molecule has 0 fully saturated rings. The van der Waals surface area contributed by atoms with E-state index in [-0.39, 0.29) is 12.5 Å². The highest BCUT2D eigenvalue weighted by molar-refractivity contribution is 5.93. The molecule has 0 bridgehead atoms. The first-order valence-electron chi connectivity index (χ1n) is 9.27. The Morgan fingerprint density at radius 1 is 1.04 bits per heavy atom. The molecule has 1 amide bonds. The van der Waals surface area contributed by atoms with Crippen molar-refractivity contribution in [2.24, 2.45) is 0 Å². The van der Waals surface area contributed by atoms with Gasteiger partial charge in [-0.15, -0.1) is 0 Å². The molecule has 3 aromatic rings. The Morgan fingerprint density at radius 2 is 1.68 bits per heavy atom. The molecule has 6 nitrogen and oxygen atoms in total. The molecule has 1 N–H and O–H groups in total. The van der Waals surface area contributed by atoms with E-state index in [2.05, 4.69) is 34.5 Å². The number of amides is 1. The minimum absolute atomic E-state index is 0.0733. The molecule has 0 saturated heterocycles. The third kappa shape index (κ3) is 4.84. The standard InChI is InChI=1S/C22H26N4O2/c1-14-6-8-18(9-7-14)22-24-20(28-25-22)13-26(5)12-19(27)23-21-16(3)10-15(2)11-17(21)4/h6-11H,12-13H2,1-5H3,(H,23,27). The quantitative estimate of drug-likeness (QED) is 0.701. The van der Waals surface area contributed by atoms with Crippen LogP contribution < -0.4 is 5.32 Å². The summed E-state index contributed by atoms with van der Waals surface area (Å²) in [5.41, 5.74) is 6.28. The zero-order valence-corrected chi connectivity index (χ0v) is 17.0. The average molecular weight is 378 g/mol. The van der Waals surface area contributed by atoms with Gasteiger partial charge in [0.1, 0.15) is 0 Å². The Balaban J connectivity index is 1.59. The minimum Gasteiger partial charge on any atom is -0.338 e. The summed E-state index contributed by atoms with van der Waals surface area (Å²) in [5, 5.41) is 7.05. The predicted molar refractivity (Wildman–Crippen MR) is 110 cm³/mol. The van der Waals surface area contributed by atoms with E-state index in [1.807, 2.05) is 57.0 Å². The van der Waals surface area contributed by atoms with Crippen molar-refractivity contribution in [2.45, 2.75) is 34.2 Å². The molecule has 6 heteroatoms. The molecule has 0 aliphatic rings. The van der Waals surface area contributed by atoms with Crippen LogP contribution >= 0.6 is 0 Å². The number of rotatable bonds is 6. The molecule has 0 spiro atoms. The normalized spacial score (nSPS) is 11.1. The number of likely N-dealkylation sites (N-methyl/N-ethyl adjacent to an activating group) is 1. The molecule has 1 aromatic heterocycles. The number of aryl methyl sites for hydroxylation is 4. The molecule has 0 aliphatic heterocycles. The smallest absolute Gasteiger partial charge is 0.241 e. The molecule has 3 rings (SSSR count). The van der Waals surface area contributed by atoms with E-state index in [9.17, 15) is 4.79 Å². The third-order valence-electron chi connectivity index (χ3n) is 4.54. The molecule has 2 aromatic carbocycles. The maximum Gasteiger partial charge on any atom is 0.241 e. The summed E-state index contributed by atoms with van der Waals surface area (Å²) >= 11 is 0. The van der Waals surface area contributed by atoms with Crippen LogP contribution in [0.5, 0.6) is 0 Å². The minimum atomic E-state index is -0.0733. The van der Waals surface area contributed by atoms with Crippen molar-refractivity contribution in [3.05, 3.63) is 64.5 Å². The van der Waals surface area contributed by atoms with Crippen LogP contribution in [0.15, 0.2) is 40.9 Å². The van der Waals surface area contributed by atoms with Gasteiger partial charge in [0.2, 0.25) is 17.6 Å². The number of anilines is 1. The van der Waals surface area contributed by atoms with E-state index in [0.29, 0.717) is 18.3 Å². The van der Waals surface area contributed by atoms with Gasteiger partial charge in [0, 0.05) is 11.3 Å². The van der Waals surface area contributed by atoms with Crippen LogP contribution in [0.25, 0.3) is 11.4 Å². The number of hydrogen-bond acceptors (Lipinski definition) is 5. The predicted octanol–water partition coefficient (Wildman–Crippen LogP) is 4.04. The van der Waals surface area contributed by atoms with Gasteiger partial charge in [-0.2, -0.15) is 4.98 Å². The van der Waals surface area contributed by atoms with Gasteiger partial charge >= 0.3 is 0 Å². The molecule has 1 heterocycles. The Morgan fingerprint density at radius 3 is 2.32 bits per heavy atom. The lowest BCUT2D eigenvalue weighted by atomic mass is 10.1. The topological polar surface area (TPSA) is 71.3 Å². The Bertz CT molecular complexity index is 953. The first kappa shape index (κ1) is 19.8. The number of nitrogens with one attached hydrogen (secondary N) is 1. The van der Waals surface area contributed by atoms with Gasteiger partial charge in [0.25, 0.3) is 0 Å². The van der Waals surface area contributed by atoms with Crippen molar-refractivity contribution in [3.8, 4) is 11.4 Å². The summed E-state index contributed by atoms with van der Waals surface area (Å²) in [6, 6.07) is 12.1. The van der Waals surface area contributed by atoms with Gasteiger partial charge in [-0.25, -0.2) is 0 Å². The van der Waals surface area contributed by atoms with Gasteiger partial charge in [0.15, 0.2) is 0 Å². The number of hydrogen-bond donors (Lipinski definition) is 1. The van der Waals surface area contributed by atoms with Gasteiger partial charge in [0.05, 0.1) is 13.1 Å². The van der Waals surface area contributed by atoms with Gasteiger partial charge in [-0.05, 0) is 45.9 Å². The van der Waals surface area contributed by atoms with E-state index >= 15 is 0 Å². The van der Waals surface area contributed by atoms with Gasteiger partial charge in [-0.3, -0.25) is 9.69 Å². The summed E-state index contributed by atoms with van der Waals surface area (Å²) in [5.74, 6) is 0.961. The lowest BCUT2D eigenvalue weighted by Gasteiger charge is -2.16. The van der Waals surface area contributed by atoms with Crippen LogP contribution in [0, 0.1) is 27.7 Å². The maximum absolute atomic E-state index is 12.4. The number of benzene rings is 2. The molecule has 146 valence electrons. The third-order valence-corrected chi connectivity index (χ3v) is 4.54. The van der Waals surface area contributed by atoms with E-state index < -0.39 is 0 Å². The van der Waals surface area contributed by atoms with Crippen molar-refractivity contribution in [3.63, 3.8) is 0 Å². The molecule has 0 radical (unpaired) electrons. The Labute approximate surface area is 165 Å². The summed E-state index contributed by atoms with van der Waals surface area (Å²) < 4.78 is 5.34. The molecule has 28 heavy (non-hydrogen) atoms. The molecule has 0 unspecified atom stereocenters. The van der Waals surface area contributed by atoms with Crippen molar-refractivity contribution < 1.29 is 9.32 Å². The average Bonchev–Trinajstić information content (AvgIpc) is 3.07. The van der Waals surface area contributed by atoms with Gasteiger partial charge < -0.3 is 9.84 Å². The fourth-order valence-electron chi connectivity index (χ4n) is 3.23. The van der Waals surface area contributed by atoms with E-state index in [0.717, 1.165) is 22.4 Å². The molecular weight excluding hydrogens is 352 g/mol. The Kier molecular flexibility index (Phi) is 5.90. The van der Waals surface area contributed by atoms with Gasteiger partial charge in [-0.1, -0.05) is 52.7 Å². The number of aromatic nitrogens is 2. The fourth-order valence-corrected chi connectivity index (χ4v) is 3.23. The lowest BCUT2D eigenvalue weighted by Crippen LogP contribution is -2.30. The Hall–Kier alpha value is -2.99. The number of nitrogens with zero attached hydrogens (tertiary/aromatic N) is 3. The largest absolute Gasteiger partial charge is 0.338 e. The highest BCUT2D eigenvalue weighted by atomic mass is 16.5. The van der Waals surface area contributed by atoms with Crippen molar-refractivity contribution in [2.75, 3.05) is 18.9 Å². The summed E-state index contributed by atoms with van der Waals surface area (Å²) in [7, 11) is 1.85. The van der Waals surface area contributed by atoms with Crippen LogP contribution in [0.3, 0.4) is 0 Å². The fraction of sp³-hybridized carbons (Fsp3) is 0.318. The molecular formula is C22H26N4O2. The van der Waals surface area contributed by atoms with Crippen LogP contribution in [-0.2, 0) is 11.3 Å².